The summed E-state index contributed by atoms with van der Waals surface area (Å²) in [5, 5.41) is 8.32. The summed E-state index contributed by atoms with van der Waals surface area (Å²) < 4.78 is 5.25. The number of nitrogens with one attached hydrogen (secondary N) is 3. The zero-order valence-corrected chi connectivity index (χ0v) is 16.3. The molecule has 2 aromatic rings. The molecule has 3 N–H and O–H groups in total. The third-order valence-corrected chi connectivity index (χ3v) is 4.79. The van der Waals surface area contributed by atoms with Crippen LogP contribution >= 0.6 is 0 Å². The van der Waals surface area contributed by atoms with Crippen molar-refractivity contribution in [2.24, 2.45) is 5.92 Å². The Kier molecular flexibility index (Phi) is 6.97. The molecule has 1 heterocycles. The highest BCUT2D eigenvalue weighted by molar-refractivity contribution is 6.04. The van der Waals surface area contributed by atoms with Crippen molar-refractivity contribution in [2.75, 3.05) is 23.8 Å². The van der Waals surface area contributed by atoms with Gasteiger partial charge in [0.15, 0.2) is 0 Å². The zero-order chi connectivity index (χ0) is 20.6. The average Bonchev–Trinajstić information content (AvgIpc) is 2.75. The zero-order valence-electron chi connectivity index (χ0n) is 16.3. The van der Waals surface area contributed by atoms with Crippen LogP contribution in [0.25, 0.3) is 0 Å². The molecule has 1 saturated heterocycles. The summed E-state index contributed by atoms with van der Waals surface area (Å²) in [5.41, 5.74) is 1.75. The van der Waals surface area contributed by atoms with Crippen molar-refractivity contribution < 1.29 is 19.1 Å². The van der Waals surface area contributed by atoms with Gasteiger partial charge < -0.3 is 20.7 Å². The minimum absolute atomic E-state index is 0.110. The SMILES string of the molecule is C[C@H](NC(=O)C1CCOCC1)C(=O)Nc1ccc(C(=O)Nc2ccccc2)cc1. The number of benzene rings is 2. The van der Waals surface area contributed by atoms with Crippen molar-refractivity contribution in [3.63, 3.8) is 0 Å². The average molecular weight is 395 g/mol. The van der Waals surface area contributed by atoms with E-state index in [2.05, 4.69) is 16.0 Å². The van der Waals surface area contributed by atoms with Crippen LogP contribution in [0.1, 0.15) is 30.1 Å². The smallest absolute Gasteiger partial charge is 0.255 e. The summed E-state index contributed by atoms with van der Waals surface area (Å²) in [6.07, 6.45) is 1.35. The lowest BCUT2D eigenvalue weighted by Crippen LogP contribution is -2.45. The van der Waals surface area contributed by atoms with Gasteiger partial charge in [-0.2, -0.15) is 0 Å². The number of para-hydroxylation sites is 1. The molecule has 0 aromatic heterocycles. The molecule has 1 fully saturated rings. The molecule has 0 bridgehead atoms. The lowest BCUT2D eigenvalue weighted by molar-refractivity contribution is -0.131. The highest BCUT2D eigenvalue weighted by atomic mass is 16.5. The number of ether oxygens (including phenoxy) is 1. The highest BCUT2D eigenvalue weighted by Crippen LogP contribution is 2.15. The van der Waals surface area contributed by atoms with Gasteiger partial charge in [-0.25, -0.2) is 0 Å². The standard InChI is InChI=1S/C22H25N3O4/c1-15(23-21(27)17-11-13-29-14-12-17)20(26)24-19-9-7-16(8-10-19)22(28)25-18-5-3-2-4-6-18/h2-10,15,17H,11-14H2,1H3,(H,23,27)(H,24,26)(H,25,28)/t15-/m0/s1. The lowest BCUT2D eigenvalue weighted by atomic mass is 9.99. The molecule has 7 heteroatoms. The maximum absolute atomic E-state index is 12.4. The fourth-order valence-corrected chi connectivity index (χ4v) is 3.04. The monoisotopic (exact) mass is 395 g/mol. The van der Waals surface area contributed by atoms with E-state index in [9.17, 15) is 14.4 Å². The molecule has 3 rings (SSSR count). The molecule has 0 radical (unpaired) electrons. The Morgan fingerprint density at radius 3 is 2.17 bits per heavy atom. The second kappa shape index (κ2) is 9.84. The van der Waals surface area contributed by atoms with Crippen molar-refractivity contribution in [3.05, 3.63) is 60.2 Å². The van der Waals surface area contributed by atoms with Crippen molar-refractivity contribution >= 4 is 29.1 Å². The van der Waals surface area contributed by atoms with Crippen molar-refractivity contribution in [2.45, 2.75) is 25.8 Å². The number of hydrogen-bond donors (Lipinski definition) is 3. The third kappa shape index (κ3) is 5.89. The van der Waals surface area contributed by atoms with Gasteiger partial charge in [0.1, 0.15) is 6.04 Å². The molecule has 0 aliphatic carbocycles. The molecule has 0 spiro atoms. The first-order valence-electron chi connectivity index (χ1n) is 9.68. The Labute approximate surface area is 169 Å². The molecule has 152 valence electrons. The van der Waals surface area contributed by atoms with Crippen LogP contribution < -0.4 is 16.0 Å². The second-order valence-electron chi connectivity index (χ2n) is 7.00. The van der Waals surface area contributed by atoms with Gasteiger partial charge in [0, 0.05) is 36.1 Å². The quantitative estimate of drug-likeness (QED) is 0.701. The molecular weight excluding hydrogens is 370 g/mol. The first kappa shape index (κ1) is 20.5. The number of carbonyl (C=O) groups is 3. The van der Waals surface area contributed by atoms with Gasteiger partial charge in [-0.3, -0.25) is 14.4 Å². The number of carbonyl (C=O) groups excluding carboxylic acids is 3. The van der Waals surface area contributed by atoms with Gasteiger partial charge in [0.05, 0.1) is 0 Å². The number of hydrogen-bond acceptors (Lipinski definition) is 4. The molecule has 29 heavy (non-hydrogen) atoms. The van der Waals surface area contributed by atoms with E-state index in [1.165, 1.54) is 0 Å². The summed E-state index contributed by atoms with van der Waals surface area (Å²) in [6, 6.07) is 15.1. The van der Waals surface area contributed by atoms with Crippen LogP contribution in [0, 0.1) is 5.92 Å². The Morgan fingerprint density at radius 1 is 0.897 bits per heavy atom. The summed E-state index contributed by atoms with van der Waals surface area (Å²) in [4.78, 5) is 36.9. The van der Waals surface area contributed by atoms with E-state index in [0.29, 0.717) is 43.0 Å². The molecule has 2 aromatic carbocycles. The van der Waals surface area contributed by atoms with E-state index in [1.807, 2.05) is 30.3 Å². The molecule has 0 unspecified atom stereocenters. The van der Waals surface area contributed by atoms with Gasteiger partial charge in [0.25, 0.3) is 5.91 Å². The molecule has 1 aliphatic heterocycles. The largest absolute Gasteiger partial charge is 0.381 e. The van der Waals surface area contributed by atoms with Crippen LogP contribution in [-0.4, -0.2) is 37.0 Å². The van der Waals surface area contributed by atoms with Gasteiger partial charge in [-0.05, 0) is 56.2 Å². The third-order valence-electron chi connectivity index (χ3n) is 4.79. The first-order chi connectivity index (χ1) is 14.0. The molecule has 0 saturated carbocycles. The van der Waals surface area contributed by atoms with E-state index in [-0.39, 0.29) is 23.6 Å². The van der Waals surface area contributed by atoms with E-state index in [4.69, 9.17) is 4.74 Å². The van der Waals surface area contributed by atoms with Crippen LogP contribution in [0.3, 0.4) is 0 Å². The van der Waals surface area contributed by atoms with Crippen molar-refractivity contribution in [1.82, 2.24) is 5.32 Å². The molecule has 3 amide bonds. The Hall–Kier alpha value is -3.19. The maximum Gasteiger partial charge on any atom is 0.255 e. The van der Waals surface area contributed by atoms with E-state index in [0.717, 1.165) is 0 Å². The summed E-state index contributed by atoms with van der Waals surface area (Å²) in [7, 11) is 0. The Bertz CT molecular complexity index is 846. The first-order valence-corrected chi connectivity index (χ1v) is 9.68. The molecule has 7 nitrogen and oxygen atoms in total. The maximum atomic E-state index is 12.4. The normalized spacial score (nSPS) is 15.2. The number of amides is 3. The summed E-state index contributed by atoms with van der Waals surface area (Å²) in [6.45, 7) is 2.79. The molecule has 1 atom stereocenters. The van der Waals surface area contributed by atoms with Crippen LogP contribution in [0.15, 0.2) is 54.6 Å². The van der Waals surface area contributed by atoms with Crippen LogP contribution in [0.2, 0.25) is 0 Å². The van der Waals surface area contributed by atoms with Gasteiger partial charge in [0.2, 0.25) is 11.8 Å². The lowest BCUT2D eigenvalue weighted by Gasteiger charge is -2.23. The molecular formula is C22H25N3O4. The number of anilines is 2. The van der Waals surface area contributed by atoms with E-state index >= 15 is 0 Å². The fraction of sp³-hybridized carbons (Fsp3) is 0.318. The minimum Gasteiger partial charge on any atom is -0.381 e. The van der Waals surface area contributed by atoms with Gasteiger partial charge in [-0.1, -0.05) is 18.2 Å². The van der Waals surface area contributed by atoms with E-state index in [1.54, 1.807) is 31.2 Å². The summed E-state index contributed by atoms with van der Waals surface area (Å²) in [5.74, 6) is -0.775. The van der Waals surface area contributed by atoms with Gasteiger partial charge >= 0.3 is 0 Å². The van der Waals surface area contributed by atoms with E-state index < -0.39 is 6.04 Å². The van der Waals surface area contributed by atoms with Crippen molar-refractivity contribution in [1.29, 1.82) is 0 Å². The second-order valence-corrected chi connectivity index (χ2v) is 7.00. The molecule has 1 aliphatic rings. The summed E-state index contributed by atoms with van der Waals surface area (Å²) >= 11 is 0. The topological polar surface area (TPSA) is 96.5 Å². The van der Waals surface area contributed by atoms with Crippen LogP contribution in [0.4, 0.5) is 11.4 Å². The Balaban J connectivity index is 1.51. The van der Waals surface area contributed by atoms with Crippen LogP contribution in [0.5, 0.6) is 0 Å². The van der Waals surface area contributed by atoms with Crippen molar-refractivity contribution in [3.8, 4) is 0 Å². The highest BCUT2D eigenvalue weighted by Gasteiger charge is 2.24. The van der Waals surface area contributed by atoms with Crippen LogP contribution in [-0.2, 0) is 14.3 Å². The number of rotatable bonds is 6. The fourth-order valence-electron chi connectivity index (χ4n) is 3.04. The minimum atomic E-state index is -0.661. The predicted octanol–water partition coefficient (Wildman–Crippen LogP) is 2.81. The Morgan fingerprint density at radius 2 is 1.52 bits per heavy atom. The van der Waals surface area contributed by atoms with Gasteiger partial charge in [-0.15, -0.1) is 0 Å². The predicted molar refractivity (Wildman–Crippen MR) is 111 cm³/mol.